The third kappa shape index (κ3) is 1.87. The van der Waals surface area contributed by atoms with Crippen LogP contribution in [0.15, 0.2) is 54.9 Å². The van der Waals surface area contributed by atoms with Gasteiger partial charge in [0.05, 0.1) is 11.7 Å². The number of hydrogen-bond acceptors (Lipinski definition) is 2. The van der Waals surface area contributed by atoms with Crippen LogP contribution in [0, 0.1) is 0 Å². The lowest BCUT2D eigenvalue weighted by Gasteiger charge is -2.02. The maximum absolute atomic E-state index is 5.67. The Morgan fingerprint density at radius 2 is 1.88 bits per heavy atom. The fraction of sp³-hybridized carbons (Fsp3) is 0.0714. The zero-order valence-electron chi connectivity index (χ0n) is 9.38. The Kier molecular flexibility index (Phi) is 2.29. The van der Waals surface area contributed by atoms with Crippen LogP contribution in [0.4, 0.5) is 5.69 Å². The lowest BCUT2D eigenvalue weighted by atomic mass is 10.1. The van der Waals surface area contributed by atoms with E-state index in [1.807, 2.05) is 48.8 Å². The molecule has 0 spiro atoms. The van der Waals surface area contributed by atoms with Gasteiger partial charge in [-0.2, -0.15) is 0 Å². The summed E-state index contributed by atoms with van der Waals surface area (Å²) in [6, 6.07) is 14.0. The third-order valence-corrected chi connectivity index (χ3v) is 2.86. The topological polar surface area (TPSA) is 43.3 Å². The second kappa shape index (κ2) is 3.94. The molecular weight excluding hydrogens is 210 g/mol. The van der Waals surface area contributed by atoms with E-state index in [0.717, 1.165) is 23.4 Å². The maximum Gasteiger partial charge on any atom is 0.117 e. The molecule has 17 heavy (non-hydrogen) atoms. The van der Waals surface area contributed by atoms with Crippen LogP contribution in [-0.2, 0) is 6.42 Å². The van der Waals surface area contributed by atoms with Crippen LogP contribution in [0.3, 0.4) is 0 Å². The van der Waals surface area contributed by atoms with E-state index >= 15 is 0 Å². The van der Waals surface area contributed by atoms with Crippen LogP contribution < -0.4 is 5.73 Å². The average molecular weight is 223 g/mol. The Morgan fingerprint density at radius 3 is 2.71 bits per heavy atom. The van der Waals surface area contributed by atoms with Gasteiger partial charge in [-0.05, 0) is 29.8 Å². The van der Waals surface area contributed by atoms with Crippen LogP contribution in [0.2, 0.25) is 0 Å². The highest BCUT2D eigenvalue weighted by atomic mass is 15.0. The number of rotatable bonds is 2. The number of aromatic nitrogens is 2. The van der Waals surface area contributed by atoms with Crippen LogP contribution >= 0.6 is 0 Å². The molecule has 3 rings (SSSR count). The van der Waals surface area contributed by atoms with Gasteiger partial charge >= 0.3 is 0 Å². The lowest BCUT2D eigenvalue weighted by Crippen LogP contribution is -1.96. The Bertz CT molecular complexity index is 638. The van der Waals surface area contributed by atoms with Crippen molar-refractivity contribution in [1.29, 1.82) is 0 Å². The fourth-order valence-electron chi connectivity index (χ4n) is 1.95. The molecule has 2 heterocycles. The van der Waals surface area contributed by atoms with Crippen molar-refractivity contribution in [3.8, 4) is 0 Å². The number of nitrogens with zero attached hydrogens (tertiary/aromatic N) is 2. The second-order valence-electron chi connectivity index (χ2n) is 4.09. The van der Waals surface area contributed by atoms with Crippen molar-refractivity contribution in [1.82, 2.24) is 9.38 Å². The summed E-state index contributed by atoms with van der Waals surface area (Å²) in [5, 5.41) is 0. The monoisotopic (exact) mass is 223 g/mol. The number of hydrogen-bond donors (Lipinski definition) is 1. The standard InChI is InChI=1S/C14H13N3/c15-12-6-4-11(5-7-12)9-14-16-10-13-3-1-2-8-17(13)14/h1-8,10H,9,15H2. The molecule has 0 aliphatic rings. The summed E-state index contributed by atoms with van der Waals surface area (Å²) in [7, 11) is 0. The summed E-state index contributed by atoms with van der Waals surface area (Å²) in [6.07, 6.45) is 4.75. The normalized spacial score (nSPS) is 10.8. The van der Waals surface area contributed by atoms with E-state index in [1.54, 1.807) is 0 Å². The van der Waals surface area contributed by atoms with Crippen molar-refractivity contribution in [3.63, 3.8) is 0 Å². The molecule has 2 aromatic heterocycles. The number of pyridine rings is 1. The number of benzene rings is 1. The van der Waals surface area contributed by atoms with Crippen LogP contribution in [0.1, 0.15) is 11.4 Å². The minimum Gasteiger partial charge on any atom is -0.399 e. The molecule has 0 saturated heterocycles. The molecule has 0 saturated carbocycles. The van der Waals surface area contributed by atoms with E-state index in [-0.39, 0.29) is 0 Å². The number of nitrogens with two attached hydrogens (primary N) is 1. The van der Waals surface area contributed by atoms with Gasteiger partial charge in [-0.1, -0.05) is 18.2 Å². The van der Waals surface area contributed by atoms with Gasteiger partial charge in [-0.15, -0.1) is 0 Å². The summed E-state index contributed by atoms with van der Waals surface area (Å²) >= 11 is 0. The Labute approximate surface area is 99.5 Å². The van der Waals surface area contributed by atoms with Crippen molar-refractivity contribution in [2.75, 3.05) is 5.73 Å². The fourth-order valence-corrected chi connectivity index (χ4v) is 1.95. The minimum absolute atomic E-state index is 0.793. The minimum atomic E-state index is 0.793. The van der Waals surface area contributed by atoms with Crippen LogP contribution in [-0.4, -0.2) is 9.38 Å². The van der Waals surface area contributed by atoms with E-state index in [2.05, 4.69) is 15.5 Å². The van der Waals surface area contributed by atoms with Gasteiger partial charge < -0.3 is 10.1 Å². The van der Waals surface area contributed by atoms with E-state index in [4.69, 9.17) is 5.73 Å². The first-order valence-electron chi connectivity index (χ1n) is 5.58. The molecule has 2 N–H and O–H groups in total. The Hall–Kier alpha value is -2.29. The van der Waals surface area contributed by atoms with Crippen molar-refractivity contribution < 1.29 is 0 Å². The molecule has 3 aromatic rings. The molecule has 0 bridgehead atoms. The SMILES string of the molecule is Nc1ccc(Cc2ncc3ccccn23)cc1. The highest BCUT2D eigenvalue weighted by molar-refractivity contribution is 5.46. The second-order valence-corrected chi connectivity index (χ2v) is 4.09. The van der Waals surface area contributed by atoms with E-state index in [0.29, 0.717) is 0 Å². The van der Waals surface area contributed by atoms with Crippen molar-refractivity contribution in [3.05, 3.63) is 66.2 Å². The lowest BCUT2D eigenvalue weighted by molar-refractivity contribution is 0.962. The molecule has 0 aliphatic heterocycles. The molecule has 1 aromatic carbocycles. The van der Waals surface area contributed by atoms with Gasteiger partial charge in [0.15, 0.2) is 0 Å². The van der Waals surface area contributed by atoms with Gasteiger partial charge in [0.2, 0.25) is 0 Å². The molecule has 0 atom stereocenters. The van der Waals surface area contributed by atoms with Crippen molar-refractivity contribution in [2.45, 2.75) is 6.42 Å². The maximum atomic E-state index is 5.67. The van der Waals surface area contributed by atoms with Gasteiger partial charge in [-0.25, -0.2) is 4.98 Å². The van der Waals surface area contributed by atoms with Crippen molar-refractivity contribution in [2.24, 2.45) is 0 Å². The highest BCUT2D eigenvalue weighted by Gasteiger charge is 2.03. The summed E-state index contributed by atoms with van der Waals surface area (Å²) < 4.78 is 2.11. The summed E-state index contributed by atoms with van der Waals surface area (Å²) in [5.74, 6) is 1.05. The third-order valence-electron chi connectivity index (χ3n) is 2.86. The van der Waals surface area contributed by atoms with Gasteiger partial charge in [0.1, 0.15) is 5.82 Å². The molecule has 0 aliphatic carbocycles. The average Bonchev–Trinajstić information content (AvgIpc) is 2.76. The Balaban J connectivity index is 1.97. The zero-order chi connectivity index (χ0) is 11.7. The first-order valence-corrected chi connectivity index (χ1v) is 5.58. The van der Waals surface area contributed by atoms with Crippen LogP contribution in [0.5, 0.6) is 0 Å². The molecule has 0 radical (unpaired) electrons. The number of nitrogen functional groups attached to an aromatic ring is 1. The molecule has 0 fully saturated rings. The van der Waals surface area contributed by atoms with Crippen molar-refractivity contribution >= 4 is 11.2 Å². The molecule has 0 amide bonds. The van der Waals surface area contributed by atoms with E-state index < -0.39 is 0 Å². The van der Waals surface area contributed by atoms with Crippen LogP contribution in [0.25, 0.3) is 5.52 Å². The smallest absolute Gasteiger partial charge is 0.117 e. The largest absolute Gasteiger partial charge is 0.399 e. The first-order chi connectivity index (χ1) is 8.33. The quantitative estimate of drug-likeness (QED) is 0.678. The first kappa shape index (κ1) is 9.90. The zero-order valence-corrected chi connectivity index (χ0v) is 9.38. The van der Waals surface area contributed by atoms with E-state index in [1.165, 1.54) is 5.56 Å². The summed E-state index contributed by atoms with van der Waals surface area (Å²) in [4.78, 5) is 4.44. The van der Waals surface area contributed by atoms with Gasteiger partial charge in [0, 0.05) is 18.3 Å². The number of anilines is 1. The molecule has 0 unspecified atom stereocenters. The molecule has 3 heteroatoms. The van der Waals surface area contributed by atoms with E-state index in [9.17, 15) is 0 Å². The van der Waals surface area contributed by atoms with Gasteiger partial charge in [-0.3, -0.25) is 0 Å². The highest BCUT2D eigenvalue weighted by Crippen LogP contribution is 2.12. The molecule has 84 valence electrons. The predicted molar refractivity (Wildman–Crippen MR) is 68.9 cm³/mol. The number of imidazole rings is 1. The number of fused-ring (bicyclic) bond motifs is 1. The predicted octanol–water partition coefficient (Wildman–Crippen LogP) is 2.51. The molecular formula is C14H13N3. The summed E-state index contributed by atoms with van der Waals surface area (Å²) in [6.45, 7) is 0. The summed E-state index contributed by atoms with van der Waals surface area (Å²) in [5.41, 5.74) is 8.80. The Morgan fingerprint density at radius 1 is 1.06 bits per heavy atom. The van der Waals surface area contributed by atoms with Gasteiger partial charge in [0.25, 0.3) is 0 Å². The molecule has 3 nitrogen and oxygen atoms in total.